The van der Waals surface area contributed by atoms with Crippen molar-refractivity contribution in [3.05, 3.63) is 29.8 Å². The number of rotatable bonds is 4. The molecule has 0 bridgehead atoms. The van der Waals surface area contributed by atoms with Gasteiger partial charge in [-0.2, -0.15) is 0 Å². The molecule has 1 heterocycles. The third kappa shape index (κ3) is 3.14. The zero-order chi connectivity index (χ0) is 14.5. The number of hydrogen-bond donors (Lipinski definition) is 1. The smallest absolute Gasteiger partial charge is 0.307 e. The summed E-state index contributed by atoms with van der Waals surface area (Å²) in [7, 11) is 0. The van der Waals surface area contributed by atoms with E-state index in [-0.39, 0.29) is 37.3 Å². The quantitative estimate of drug-likeness (QED) is 0.833. The summed E-state index contributed by atoms with van der Waals surface area (Å²) in [5.74, 6) is -0.909. The highest BCUT2D eigenvalue weighted by atomic mass is 16.5. The van der Waals surface area contributed by atoms with Gasteiger partial charge in [0, 0.05) is 6.54 Å². The highest BCUT2D eigenvalue weighted by molar-refractivity contribution is 6.08. The van der Waals surface area contributed by atoms with Crippen LogP contribution in [0.4, 0.5) is 5.69 Å². The van der Waals surface area contributed by atoms with Crippen molar-refractivity contribution in [1.82, 2.24) is 4.90 Å². The van der Waals surface area contributed by atoms with E-state index in [9.17, 15) is 14.4 Å². The van der Waals surface area contributed by atoms with Gasteiger partial charge in [-0.05, 0) is 19.1 Å². The Hall–Kier alpha value is -2.37. The lowest BCUT2D eigenvalue weighted by molar-refractivity contribution is -0.143. The fourth-order valence-electron chi connectivity index (χ4n) is 2.02. The third-order valence-electron chi connectivity index (χ3n) is 2.94. The first-order valence-electron chi connectivity index (χ1n) is 6.45. The molecule has 0 aliphatic carbocycles. The average molecular weight is 276 g/mol. The first kappa shape index (κ1) is 14.0. The van der Waals surface area contributed by atoms with E-state index in [1.165, 1.54) is 4.90 Å². The Morgan fingerprint density at radius 2 is 2.10 bits per heavy atom. The lowest BCUT2D eigenvalue weighted by Crippen LogP contribution is -2.36. The Labute approximate surface area is 116 Å². The van der Waals surface area contributed by atoms with Gasteiger partial charge in [-0.3, -0.25) is 14.4 Å². The van der Waals surface area contributed by atoms with Gasteiger partial charge in [-0.25, -0.2) is 0 Å². The molecule has 0 saturated heterocycles. The van der Waals surface area contributed by atoms with Crippen LogP contribution in [0.3, 0.4) is 0 Å². The van der Waals surface area contributed by atoms with Crippen LogP contribution < -0.4 is 5.32 Å². The number of para-hydroxylation sites is 1. The van der Waals surface area contributed by atoms with E-state index >= 15 is 0 Å². The molecule has 1 aliphatic rings. The van der Waals surface area contributed by atoms with E-state index in [0.29, 0.717) is 17.9 Å². The predicted molar refractivity (Wildman–Crippen MR) is 72.2 cm³/mol. The van der Waals surface area contributed by atoms with E-state index in [1.54, 1.807) is 31.2 Å². The molecule has 0 atom stereocenters. The summed E-state index contributed by atoms with van der Waals surface area (Å²) >= 11 is 0. The van der Waals surface area contributed by atoms with Gasteiger partial charge >= 0.3 is 5.97 Å². The first-order chi connectivity index (χ1) is 9.61. The Morgan fingerprint density at radius 3 is 2.85 bits per heavy atom. The monoisotopic (exact) mass is 276 g/mol. The number of hydrogen-bond acceptors (Lipinski definition) is 4. The summed E-state index contributed by atoms with van der Waals surface area (Å²) in [6.45, 7) is 2.13. The molecule has 1 aromatic carbocycles. The van der Waals surface area contributed by atoms with Crippen LogP contribution in [-0.4, -0.2) is 42.4 Å². The molecule has 0 unspecified atom stereocenters. The first-order valence-corrected chi connectivity index (χ1v) is 6.45. The molecule has 106 valence electrons. The molecule has 0 spiro atoms. The van der Waals surface area contributed by atoms with Crippen molar-refractivity contribution in [3.8, 4) is 0 Å². The SMILES string of the molecule is CCOC(=O)CCN1CC(=O)Nc2ccccc2C1=O. The maximum Gasteiger partial charge on any atom is 0.307 e. The maximum absolute atomic E-state index is 12.3. The van der Waals surface area contributed by atoms with Gasteiger partial charge in [0.1, 0.15) is 6.54 Å². The molecule has 1 N–H and O–H groups in total. The second kappa shape index (κ2) is 6.18. The molecule has 2 amide bonds. The second-order valence-corrected chi connectivity index (χ2v) is 4.38. The van der Waals surface area contributed by atoms with Gasteiger partial charge in [0.15, 0.2) is 0 Å². The summed E-state index contributed by atoms with van der Waals surface area (Å²) in [6.07, 6.45) is 0.0784. The van der Waals surface area contributed by atoms with Gasteiger partial charge < -0.3 is 15.0 Å². The topological polar surface area (TPSA) is 75.7 Å². The number of nitrogens with zero attached hydrogens (tertiary/aromatic N) is 1. The van der Waals surface area contributed by atoms with E-state index in [4.69, 9.17) is 4.74 Å². The fraction of sp³-hybridized carbons (Fsp3) is 0.357. The minimum Gasteiger partial charge on any atom is -0.466 e. The Bertz CT molecular complexity index is 542. The third-order valence-corrected chi connectivity index (χ3v) is 2.94. The molecule has 1 aliphatic heterocycles. The standard InChI is InChI=1S/C14H16N2O4/c1-2-20-13(18)7-8-16-9-12(17)15-11-6-4-3-5-10(11)14(16)19/h3-6H,2,7-9H2,1H3,(H,15,17). The fourth-order valence-corrected chi connectivity index (χ4v) is 2.02. The highest BCUT2D eigenvalue weighted by Gasteiger charge is 2.26. The minimum absolute atomic E-state index is 0.0626. The largest absolute Gasteiger partial charge is 0.466 e. The van der Waals surface area contributed by atoms with Gasteiger partial charge in [0.25, 0.3) is 5.91 Å². The molecular weight excluding hydrogens is 260 g/mol. The van der Waals surface area contributed by atoms with Crippen LogP contribution in [0.25, 0.3) is 0 Å². The molecule has 6 nitrogen and oxygen atoms in total. The number of nitrogens with one attached hydrogen (secondary N) is 1. The molecular formula is C14H16N2O4. The van der Waals surface area contributed by atoms with Crippen LogP contribution in [0.5, 0.6) is 0 Å². The zero-order valence-electron chi connectivity index (χ0n) is 11.2. The highest BCUT2D eigenvalue weighted by Crippen LogP contribution is 2.20. The van der Waals surface area contributed by atoms with Gasteiger partial charge in [-0.15, -0.1) is 0 Å². The minimum atomic E-state index is -0.377. The van der Waals surface area contributed by atoms with E-state index < -0.39 is 0 Å². The summed E-state index contributed by atoms with van der Waals surface area (Å²) < 4.78 is 4.82. The number of ether oxygens (including phenoxy) is 1. The van der Waals surface area contributed by atoms with Crippen molar-refractivity contribution >= 4 is 23.5 Å². The van der Waals surface area contributed by atoms with Gasteiger partial charge in [0.05, 0.1) is 24.3 Å². The van der Waals surface area contributed by atoms with Crippen molar-refractivity contribution < 1.29 is 19.1 Å². The van der Waals surface area contributed by atoms with Crippen LogP contribution in [-0.2, 0) is 14.3 Å². The van der Waals surface area contributed by atoms with Crippen LogP contribution in [0, 0.1) is 0 Å². The normalized spacial score (nSPS) is 14.3. The predicted octanol–water partition coefficient (Wildman–Crippen LogP) is 1.03. The van der Waals surface area contributed by atoms with E-state index in [1.807, 2.05) is 0 Å². The number of anilines is 1. The van der Waals surface area contributed by atoms with E-state index in [0.717, 1.165) is 0 Å². The summed E-state index contributed by atoms with van der Waals surface area (Å²) in [5.41, 5.74) is 0.934. The van der Waals surface area contributed by atoms with Gasteiger partial charge in [0.2, 0.25) is 5.91 Å². The van der Waals surface area contributed by atoms with Crippen LogP contribution in [0.2, 0.25) is 0 Å². The molecule has 0 radical (unpaired) electrons. The Kier molecular flexibility index (Phi) is 4.34. The van der Waals surface area contributed by atoms with Crippen molar-refractivity contribution in [1.29, 1.82) is 0 Å². The summed E-state index contributed by atoms with van der Waals surface area (Å²) in [4.78, 5) is 36.8. The molecule has 1 aromatic rings. The van der Waals surface area contributed by atoms with Crippen LogP contribution >= 0.6 is 0 Å². The van der Waals surface area contributed by atoms with Crippen LogP contribution in [0.15, 0.2) is 24.3 Å². The molecule has 2 rings (SSSR count). The lowest BCUT2D eigenvalue weighted by atomic mass is 10.1. The van der Waals surface area contributed by atoms with Crippen molar-refractivity contribution in [2.45, 2.75) is 13.3 Å². The van der Waals surface area contributed by atoms with Gasteiger partial charge in [-0.1, -0.05) is 12.1 Å². The number of fused-ring (bicyclic) bond motifs is 1. The molecule has 20 heavy (non-hydrogen) atoms. The second-order valence-electron chi connectivity index (χ2n) is 4.38. The summed E-state index contributed by atoms with van der Waals surface area (Å²) in [6, 6.07) is 6.82. The average Bonchev–Trinajstić information content (AvgIpc) is 2.54. The van der Waals surface area contributed by atoms with Crippen molar-refractivity contribution in [2.75, 3.05) is 25.0 Å². The number of amides is 2. The van der Waals surface area contributed by atoms with Crippen molar-refractivity contribution in [3.63, 3.8) is 0 Å². The van der Waals surface area contributed by atoms with Crippen LogP contribution in [0.1, 0.15) is 23.7 Å². The molecule has 0 aromatic heterocycles. The molecule has 6 heteroatoms. The Morgan fingerprint density at radius 1 is 1.35 bits per heavy atom. The van der Waals surface area contributed by atoms with Crippen molar-refractivity contribution in [2.24, 2.45) is 0 Å². The molecule has 0 fully saturated rings. The number of carbonyl (C=O) groups is 3. The number of carbonyl (C=O) groups excluding carboxylic acids is 3. The number of benzene rings is 1. The van der Waals surface area contributed by atoms with E-state index in [2.05, 4.69) is 5.32 Å². The number of esters is 1. The summed E-state index contributed by atoms with van der Waals surface area (Å²) in [5, 5.41) is 2.68. The zero-order valence-corrected chi connectivity index (χ0v) is 11.2. The Balaban J connectivity index is 2.12. The maximum atomic E-state index is 12.3. The molecule has 0 saturated carbocycles. The lowest BCUT2D eigenvalue weighted by Gasteiger charge is -2.18.